The van der Waals surface area contributed by atoms with Crippen molar-refractivity contribution in [3.8, 4) is 5.75 Å². The number of rotatable bonds is 8. The van der Waals surface area contributed by atoms with Crippen LogP contribution in [0.15, 0.2) is 35.9 Å². The SMILES string of the molecule is CCCC(CC(=O)[O-])c1ccc(OCC2=CC3(CCCCC3)CCC2)cc1.[Na+]. The molecule has 1 spiro atoms. The van der Waals surface area contributed by atoms with Crippen molar-refractivity contribution in [2.24, 2.45) is 5.41 Å². The molecule has 0 aliphatic heterocycles. The first-order valence-electron chi connectivity index (χ1n) is 10.7. The summed E-state index contributed by atoms with van der Waals surface area (Å²) in [6.45, 7) is 2.76. The molecule has 0 heterocycles. The summed E-state index contributed by atoms with van der Waals surface area (Å²) in [5, 5.41) is 11.0. The fourth-order valence-electron chi connectivity index (χ4n) is 4.96. The summed E-state index contributed by atoms with van der Waals surface area (Å²) >= 11 is 0. The van der Waals surface area contributed by atoms with Crippen LogP contribution in [0, 0.1) is 5.41 Å². The van der Waals surface area contributed by atoms with E-state index in [-0.39, 0.29) is 41.9 Å². The van der Waals surface area contributed by atoms with Gasteiger partial charge in [0.05, 0.1) is 0 Å². The van der Waals surface area contributed by atoms with E-state index in [1.54, 1.807) is 0 Å². The van der Waals surface area contributed by atoms with Crippen LogP contribution in [-0.4, -0.2) is 12.6 Å². The van der Waals surface area contributed by atoms with Gasteiger partial charge in [0, 0.05) is 5.97 Å². The normalized spacial score (nSPS) is 19.4. The van der Waals surface area contributed by atoms with Gasteiger partial charge in [0.15, 0.2) is 0 Å². The van der Waals surface area contributed by atoms with E-state index in [9.17, 15) is 9.90 Å². The van der Waals surface area contributed by atoms with E-state index in [1.165, 1.54) is 50.5 Å². The zero-order chi connectivity index (χ0) is 19.1. The number of hydrogen-bond acceptors (Lipinski definition) is 3. The molecule has 148 valence electrons. The molecule has 3 rings (SSSR count). The van der Waals surface area contributed by atoms with E-state index < -0.39 is 5.97 Å². The van der Waals surface area contributed by atoms with Gasteiger partial charge in [-0.3, -0.25) is 0 Å². The van der Waals surface area contributed by atoms with E-state index in [4.69, 9.17) is 4.74 Å². The van der Waals surface area contributed by atoms with Crippen LogP contribution in [0.3, 0.4) is 0 Å². The number of ether oxygens (including phenoxy) is 1. The van der Waals surface area contributed by atoms with Crippen molar-refractivity contribution in [3.63, 3.8) is 0 Å². The Morgan fingerprint density at radius 3 is 2.43 bits per heavy atom. The molecule has 1 atom stereocenters. The Morgan fingerprint density at radius 1 is 1.11 bits per heavy atom. The smallest absolute Gasteiger partial charge is 0.550 e. The van der Waals surface area contributed by atoms with Crippen LogP contribution < -0.4 is 39.4 Å². The number of aliphatic carboxylic acids is 1. The number of carbonyl (C=O) groups is 1. The molecule has 1 fully saturated rings. The van der Waals surface area contributed by atoms with Crippen molar-refractivity contribution in [1.29, 1.82) is 0 Å². The average molecular weight is 393 g/mol. The van der Waals surface area contributed by atoms with Crippen LogP contribution in [0.1, 0.15) is 89.0 Å². The molecule has 2 aliphatic carbocycles. The maximum Gasteiger partial charge on any atom is 1.00 e. The Hall–Kier alpha value is -0.770. The van der Waals surface area contributed by atoms with Gasteiger partial charge in [0.1, 0.15) is 12.4 Å². The van der Waals surface area contributed by atoms with Crippen molar-refractivity contribution in [1.82, 2.24) is 0 Å². The molecule has 1 aromatic rings. The van der Waals surface area contributed by atoms with Crippen molar-refractivity contribution >= 4 is 5.97 Å². The summed E-state index contributed by atoms with van der Waals surface area (Å²) < 4.78 is 6.06. The summed E-state index contributed by atoms with van der Waals surface area (Å²) in [4.78, 5) is 11.0. The molecule has 0 amide bonds. The van der Waals surface area contributed by atoms with Crippen LogP contribution in [0.5, 0.6) is 5.75 Å². The second-order valence-electron chi connectivity index (χ2n) is 8.50. The van der Waals surface area contributed by atoms with Crippen molar-refractivity contribution in [3.05, 3.63) is 41.5 Å². The number of carboxylic acids is 1. The molecule has 0 radical (unpaired) electrons. The maximum absolute atomic E-state index is 11.0. The first-order chi connectivity index (χ1) is 13.1. The first kappa shape index (κ1) is 23.5. The maximum atomic E-state index is 11.0. The largest absolute Gasteiger partial charge is 1.00 e. The minimum atomic E-state index is -0.977. The predicted octanol–water partition coefficient (Wildman–Crippen LogP) is 2.15. The minimum Gasteiger partial charge on any atom is -0.550 e. The monoisotopic (exact) mass is 392 g/mol. The summed E-state index contributed by atoms with van der Waals surface area (Å²) in [7, 11) is 0. The Balaban J connectivity index is 0.00000280. The molecule has 0 N–H and O–H groups in total. The second-order valence-corrected chi connectivity index (χ2v) is 8.50. The quantitative estimate of drug-likeness (QED) is 0.503. The third-order valence-electron chi connectivity index (χ3n) is 6.36. The van der Waals surface area contributed by atoms with E-state index in [0.29, 0.717) is 12.0 Å². The van der Waals surface area contributed by atoms with Crippen LogP contribution in [0.25, 0.3) is 0 Å². The number of carbonyl (C=O) groups excluding carboxylic acids is 1. The van der Waals surface area contributed by atoms with Crippen molar-refractivity contribution in [2.75, 3.05) is 6.61 Å². The Kier molecular flexibility index (Phi) is 9.59. The molecule has 1 aromatic carbocycles. The number of benzene rings is 1. The molecule has 1 unspecified atom stereocenters. The summed E-state index contributed by atoms with van der Waals surface area (Å²) in [5.41, 5.74) is 2.97. The van der Waals surface area contributed by atoms with Gasteiger partial charge in [-0.1, -0.05) is 50.8 Å². The molecule has 3 nitrogen and oxygen atoms in total. The second kappa shape index (κ2) is 11.4. The van der Waals surface area contributed by atoms with Gasteiger partial charge < -0.3 is 14.6 Å². The molecule has 1 saturated carbocycles. The molecule has 28 heavy (non-hydrogen) atoms. The van der Waals surface area contributed by atoms with Gasteiger partial charge in [-0.2, -0.15) is 0 Å². The first-order valence-corrected chi connectivity index (χ1v) is 10.7. The molecular weight excluding hydrogens is 359 g/mol. The fourth-order valence-corrected chi connectivity index (χ4v) is 4.96. The number of carboxylic acid groups (broad SMARTS) is 1. The summed E-state index contributed by atoms with van der Waals surface area (Å²) in [6, 6.07) is 7.98. The van der Waals surface area contributed by atoms with Crippen LogP contribution in [0.2, 0.25) is 0 Å². The van der Waals surface area contributed by atoms with Gasteiger partial charge in [0.25, 0.3) is 0 Å². The average Bonchev–Trinajstić information content (AvgIpc) is 2.67. The topological polar surface area (TPSA) is 49.4 Å². The molecule has 0 bridgehead atoms. The Morgan fingerprint density at radius 2 is 1.79 bits per heavy atom. The standard InChI is InChI=1S/C24H34O3.Na/c1-2-7-21(16-23(25)26)20-9-11-22(12-10-20)27-18-19-8-6-15-24(17-19)13-4-3-5-14-24;/h9-12,17,21H,2-8,13-16,18H2,1H3,(H,25,26);/q;+1/p-1. The molecule has 2 aliphatic rings. The van der Waals surface area contributed by atoms with Crippen molar-refractivity contribution < 1.29 is 44.2 Å². The summed E-state index contributed by atoms with van der Waals surface area (Å²) in [5.74, 6) is -0.0810. The van der Waals surface area contributed by atoms with Gasteiger partial charge in [0.2, 0.25) is 0 Å². The zero-order valence-electron chi connectivity index (χ0n) is 17.7. The third-order valence-corrected chi connectivity index (χ3v) is 6.36. The fraction of sp³-hybridized carbons (Fsp3) is 0.625. The zero-order valence-corrected chi connectivity index (χ0v) is 19.7. The van der Waals surface area contributed by atoms with E-state index in [1.807, 2.05) is 24.3 Å². The van der Waals surface area contributed by atoms with E-state index in [0.717, 1.165) is 30.6 Å². The van der Waals surface area contributed by atoms with Gasteiger partial charge in [-0.05, 0) is 79.5 Å². The minimum absolute atomic E-state index is 0. The van der Waals surface area contributed by atoms with Crippen LogP contribution in [0.4, 0.5) is 0 Å². The van der Waals surface area contributed by atoms with Crippen LogP contribution >= 0.6 is 0 Å². The number of allylic oxidation sites excluding steroid dienone is 1. The molecular formula is C24H33NaO3. The molecule has 4 heteroatoms. The third kappa shape index (κ3) is 6.64. The molecule has 0 saturated heterocycles. The predicted molar refractivity (Wildman–Crippen MR) is 107 cm³/mol. The Bertz CT molecular complexity index is 644. The Labute approximate surface area is 192 Å². The number of hydrogen-bond donors (Lipinski definition) is 0. The molecule has 0 aromatic heterocycles. The van der Waals surface area contributed by atoms with E-state index >= 15 is 0 Å². The van der Waals surface area contributed by atoms with Crippen molar-refractivity contribution in [2.45, 2.75) is 83.5 Å². The van der Waals surface area contributed by atoms with E-state index in [2.05, 4.69) is 13.0 Å². The van der Waals surface area contributed by atoms with Crippen LogP contribution in [-0.2, 0) is 4.79 Å². The van der Waals surface area contributed by atoms with Gasteiger partial charge in [-0.15, -0.1) is 0 Å². The van der Waals surface area contributed by atoms with Gasteiger partial charge >= 0.3 is 29.6 Å². The summed E-state index contributed by atoms with van der Waals surface area (Å²) in [6.07, 6.45) is 15.1. The van der Waals surface area contributed by atoms with Gasteiger partial charge in [-0.25, -0.2) is 0 Å².